The van der Waals surface area contributed by atoms with E-state index in [9.17, 15) is 18.8 Å². The lowest BCUT2D eigenvalue weighted by atomic mass is 10.2. The summed E-state index contributed by atoms with van der Waals surface area (Å²) in [6.45, 7) is 4.55. The van der Waals surface area contributed by atoms with Crippen molar-refractivity contribution in [3.8, 4) is 0 Å². The predicted octanol–water partition coefficient (Wildman–Crippen LogP) is 1.29. The second kappa shape index (κ2) is 11.1. The third kappa shape index (κ3) is 7.63. The van der Waals surface area contributed by atoms with E-state index < -0.39 is 0 Å². The van der Waals surface area contributed by atoms with Gasteiger partial charge >= 0.3 is 0 Å². The molecule has 1 unspecified atom stereocenters. The Bertz CT molecular complexity index is 886. The van der Waals surface area contributed by atoms with E-state index in [1.54, 1.807) is 43.4 Å². The molecule has 0 spiro atoms. The lowest BCUT2D eigenvalue weighted by Gasteiger charge is -2.21. The fraction of sp³-hybridized carbons (Fsp3) is 0.318. The molecule has 8 heteroatoms. The maximum atomic E-state index is 13.3. The second-order valence-corrected chi connectivity index (χ2v) is 7.14. The minimum atomic E-state index is -0.337. The van der Waals surface area contributed by atoms with Crippen LogP contribution in [0.2, 0.25) is 0 Å². The van der Waals surface area contributed by atoms with Gasteiger partial charge in [-0.15, -0.1) is 0 Å². The van der Waals surface area contributed by atoms with Gasteiger partial charge in [-0.25, -0.2) is 4.39 Å². The van der Waals surface area contributed by atoms with E-state index in [1.807, 2.05) is 6.92 Å². The van der Waals surface area contributed by atoms with Crippen molar-refractivity contribution in [3.05, 3.63) is 59.9 Å². The highest BCUT2D eigenvalue weighted by Crippen LogP contribution is 2.13. The SMILES string of the molecule is CC[NH+](CC(=O)Nc1ccc(NC(C)=O)cc1)CC(=O)N(C)Cc1cccc(F)c1. The lowest BCUT2D eigenvalue weighted by Crippen LogP contribution is -3.13. The van der Waals surface area contributed by atoms with Crippen molar-refractivity contribution in [2.75, 3.05) is 37.3 Å². The number of amides is 3. The minimum Gasteiger partial charge on any atom is -0.337 e. The third-order valence-corrected chi connectivity index (χ3v) is 4.54. The number of nitrogens with one attached hydrogen (secondary N) is 3. The summed E-state index contributed by atoms with van der Waals surface area (Å²) in [5, 5.41) is 5.46. The molecule has 1 atom stereocenters. The molecule has 3 amide bonds. The van der Waals surface area contributed by atoms with Crippen LogP contribution in [-0.4, -0.2) is 49.3 Å². The zero-order valence-electron chi connectivity index (χ0n) is 17.5. The summed E-state index contributed by atoms with van der Waals surface area (Å²) in [4.78, 5) is 38.3. The second-order valence-electron chi connectivity index (χ2n) is 7.14. The maximum absolute atomic E-state index is 13.3. The van der Waals surface area contributed by atoms with Gasteiger partial charge in [0.25, 0.3) is 11.8 Å². The summed E-state index contributed by atoms with van der Waals surface area (Å²) >= 11 is 0. The summed E-state index contributed by atoms with van der Waals surface area (Å²) < 4.78 is 13.3. The van der Waals surface area contributed by atoms with Crippen LogP contribution in [0.25, 0.3) is 0 Å². The molecule has 7 nitrogen and oxygen atoms in total. The Morgan fingerprint density at radius 1 is 1.00 bits per heavy atom. The quantitative estimate of drug-likeness (QED) is 0.577. The molecular formula is C22H28FN4O3+. The van der Waals surface area contributed by atoms with E-state index in [-0.39, 0.29) is 36.6 Å². The van der Waals surface area contributed by atoms with Crippen LogP contribution >= 0.6 is 0 Å². The molecule has 0 heterocycles. The molecule has 0 saturated heterocycles. The number of hydrogen-bond donors (Lipinski definition) is 3. The van der Waals surface area contributed by atoms with Crippen LogP contribution in [0.3, 0.4) is 0 Å². The van der Waals surface area contributed by atoms with Crippen molar-refractivity contribution in [3.63, 3.8) is 0 Å². The van der Waals surface area contributed by atoms with Crippen molar-refractivity contribution in [1.29, 1.82) is 0 Å². The first kappa shape index (κ1) is 23.0. The number of rotatable bonds is 9. The number of hydrogen-bond acceptors (Lipinski definition) is 3. The molecule has 0 aliphatic rings. The predicted molar refractivity (Wildman–Crippen MR) is 113 cm³/mol. The molecule has 2 aromatic rings. The van der Waals surface area contributed by atoms with Crippen LogP contribution in [0.15, 0.2) is 48.5 Å². The van der Waals surface area contributed by atoms with Crippen molar-refractivity contribution in [1.82, 2.24) is 4.90 Å². The van der Waals surface area contributed by atoms with Crippen LogP contribution in [-0.2, 0) is 20.9 Å². The van der Waals surface area contributed by atoms with Crippen LogP contribution in [0, 0.1) is 5.82 Å². The Balaban J connectivity index is 1.85. The normalized spacial score (nSPS) is 11.5. The van der Waals surface area contributed by atoms with E-state index in [1.165, 1.54) is 24.0 Å². The first-order valence-corrected chi connectivity index (χ1v) is 9.76. The molecule has 3 N–H and O–H groups in total. The average molecular weight is 415 g/mol. The lowest BCUT2D eigenvalue weighted by molar-refractivity contribution is -0.882. The number of likely N-dealkylation sites (N-methyl/N-ethyl adjacent to an activating group) is 2. The first-order chi connectivity index (χ1) is 14.3. The molecule has 0 aliphatic heterocycles. The molecule has 0 aliphatic carbocycles. The van der Waals surface area contributed by atoms with Crippen LogP contribution < -0.4 is 15.5 Å². The highest BCUT2D eigenvalue weighted by Gasteiger charge is 2.19. The summed E-state index contributed by atoms with van der Waals surface area (Å²) in [6.07, 6.45) is 0. The van der Waals surface area contributed by atoms with Gasteiger partial charge < -0.3 is 20.4 Å². The largest absolute Gasteiger partial charge is 0.337 e. The van der Waals surface area contributed by atoms with Gasteiger partial charge in [0.2, 0.25) is 5.91 Å². The van der Waals surface area contributed by atoms with E-state index in [4.69, 9.17) is 0 Å². The number of nitrogens with zero attached hydrogens (tertiary/aromatic N) is 1. The van der Waals surface area contributed by atoms with Gasteiger partial charge in [0, 0.05) is 31.9 Å². The first-order valence-electron chi connectivity index (χ1n) is 9.76. The molecule has 2 aromatic carbocycles. The molecule has 0 saturated carbocycles. The number of carbonyl (C=O) groups excluding carboxylic acids is 3. The molecule has 2 rings (SSSR count). The molecule has 0 aromatic heterocycles. The molecular weight excluding hydrogens is 387 g/mol. The Morgan fingerprint density at radius 2 is 1.63 bits per heavy atom. The van der Waals surface area contributed by atoms with E-state index in [0.717, 1.165) is 4.90 Å². The summed E-state index contributed by atoms with van der Waals surface area (Å²) in [5.74, 6) is -0.833. The van der Waals surface area contributed by atoms with Gasteiger partial charge in [-0.3, -0.25) is 14.4 Å². The Labute approximate surface area is 175 Å². The van der Waals surface area contributed by atoms with Crippen molar-refractivity contribution >= 4 is 29.1 Å². The molecule has 0 bridgehead atoms. The topological polar surface area (TPSA) is 83.0 Å². The van der Waals surface area contributed by atoms with Crippen molar-refractivity contribution in [2.45, 2.75) is 20.4 Å². The monoisotopic (exact) mass is 415 g/mol. The molecule has 160 valence electrons. The van der Waals surface area contributed by atoms with Gasteiger partial charge in [-0.1, -0.05) is 12.1 Å². The molecule has 30 heavy (non-hydrogen) atoms. The van der Waals surface area contributed by atoms with Gasteiger partial charge in [-0.05, 0) is 48.9 Å². The van der Waals surface area contributed by atoms with Crippen molar-refractivity contribution < 1.29 is 23.7 Å². The fourth-order valence-corrected chi connectivity index (χ4v) is 2.93. The zero-order valence-corrected chi connectivity index (χ0v) is 17.5. The fourth-order valence-electron chi connectivity index (χ4n) is 2.93. The average Bonchev–Trinajstić information content (AvgIpc) is 2.68. The summed E-state index contributed by atoms with van der Waals surface area (Å²) in [5.41, 5.74) is 1.97. The summed E-state index contributed by atoms with van der Waals surface area (Å²) in [6, 6.07) is 12.9. The number of quaternary nitrogens is 1. The number of halogens is 1. The minimum absolute atomic E-state index is 0.122. The van der Waals surface area contributed by atoms with Gasteiger partial charge in [0.1, 0.15) is 5.82 Å². The van der Waals surface area contributed by atoms with E-state index in [2.05, 4.69) is 10.6 Å². The molecule has 0 fully saturated rings. The highest BCUT2D eigenvalue weighted by atomic mass is 19.1. The standard InChI is InChI=1S/C22H27FN4O3/c1-4-27(15-22(30)26(3)13-17-6-5-7-18(23)12-17)14-21(29)25-20-10-8-19(9-11-20)24-16(2)28/h5-12H,4,13-15H2,1-3H3,(H,24,28)(H,25,29)/p+1. The number of anilines is 2. The van der Waals surface area contributed by atoms with Crippen LogP contribution in [0.1, 0.15) is 19.4 Å². The molecule has 0 radical (unpaired) electrons. The summed E-state index contributed by atoms with van der Waals surface area (Å²) in [7, 11) is 1.66. The number of benzene rings is 2. The number of carbonyl (C=O) groups is 3. The van der Waals surface area contributed by atoms with Gasteiger partial charge in [0.05, 0.1) is 6.54 Å². The third-order valence-electron chi connectivity index (χ3n) is 4.54. The Hall–Kier alpha value is -3.26. The highest BCUT2D eigenvalue weighted by molar-refractivity contribution is 5.92. The zero-order chi connectivity index (χ0) is 22.1. The van der Waals surface area contributed by atoms with E-state index >= 15 is 0 Å². The smallest absolute Gasteiger partial charge is 0.279 e. The Kier molecular flexibility index (Phi) is 8.49. The van der Waals surface area contributed by atoms with Gasteiger partial charge in [-0.2, -0.15) is 0 Å². The van der Waals surface area contributed by atoms with E-state index in [0.29, 0.717) is 30.0 Å². The Morgan fingerprint density at radius 3 is 2.20 bits per heavy atom. The van der Waals surface area contributed by atoms with Crippen LogP contribution in [0.5, 0.6) is 0 Å². The van der Waals surface area contributed by atoms with Gasteiger partial charge in [0.15, 0.2) is 13.1 Å². The van der Waals surface area contributed by atoms with Crippen LogP contribution in [0.4, 0.5) is 15.8 Å². The maximum Gasteiger partial charge on any atom is 0.279 e. The van der Waals surface area contributed by atoms with Crippen molar-refractivity contribution in [2.24, 2.45) is 0 Å².